The number of anilines is 1. The van der Waals surface area contributed by atoms with Crippen molar-refractivity contribution in [2.24, 2.45) is 11.3 Å². The lowest BCUT2D eigenvalue weighted by molar-refractivity contribution is 0.0936. The molecule has 1 aromatic carbocycles. The van der Waals surface area contributed by atoms with Crippen molar-refractivity contribution in [1.82, 2.24) is 5.32 Å². The van der Waals surface area contributed by atoms with Crippen LogP contribution in [0.1, 0.15) is 50.0 Å². The molecule has 0 spiro atoms. The maximum absolute atomic E-state index is 12.4. The normalized spacial score (nSPS) is 16.0. The van der Waals surface area contributed by atoms with Crippen molar-refractivity contribution in [3.05, 3.63) is 29.3 Å². The van der Waals surface area contributed by atoms with Gasteiger partial charge >= 0.3 is 0 Å². The number of benzene rings is 1. The Hall–Kier alpha value is -1.51. The summed E-state index contributed by atoms with van der Waals surface area (Å²) >= 11 is 0. The minimum absolute atomic E-state index is 0.0571. The van der Waals surface area contributed by atoms with Crippen molar-refractivity contribution in [3.8, 4) is 0 Å². The largest absolute Gasteiger partial charge is 0.385 e. The molecule has 0 saturated heterocycles. The van der Waals surface area contributed by atoms with Crippen molar-refractivity contribution < 1.29 is 4.79 Å². The van der Waals surface area contributed by atoms with Crippen LogP contribution in [0.25, 0.3) is 0 Å². The maximum Gasteiger partial charge on any atom is 0.251 e. The molecule has 1 amide bonds. The molecule has 110 valence electrons. The summed E-state index contributed by atoms with van der Waals surface area (Å²) in [5.74, 6) is 0.505. The fraction of sp³-hybridized carbons (Fsp3) is 0.588. The van der Waals surface area contributed by atoms with Gasteiger partial charge in [0.2, 0.25) is 0 Å². The number of rotatable bonds is 3. The third-order valence-corrected chi connectivity index (χ3v) is 4.39. The molecule has 0 aromatic heterocycles. The zero-order valence-corrected chi connectivity index (χ0v) is 13.0. The van der Waals surface area contributed by atoms with Gasteiger partial charge in [-0.05, 0) is 41.9 Å². The van der Waals surface area contributed by atoms with Crippen molar-refractivity contribution in [3.63, 3.8) is 0 Å². The van der Waals surface area contributed by atoms with Crippen molar-refractivity contribution in [2.45, 2.75) is 40.5 Å². The number of fused-ring (bicyclic) bond motifs is 1. The number of nitrogens with one attached hydrogen (secondary N) is 2. The van der Waals surface area contributed by atoms with Crippen LogP contribution in [0, 0.1) is 11.3 Å². The highest BCUT2D eigenvalue weighted by molar-refractivity contribution is 5.97. The number of carbonyl (C=O) groups excluding carboxylic acids is 1. The number of hydrogen-bond donors (Lipinski definition) is 2. The highest BCUT2D eigenvalue weighted by Crippen LogP contribution is 2.26. The third-order valence-electron chi connectivity index (χ3n) is 4.39. The standard InChI is InChI=1S/C17H26N2O/c1-12(17(2,3)4)11-19-16(20)14-7-5-9-15-13(14)8-6-10-18-15/h5,7,9,12,18H,6,8,10-11H2,1-4H3,(H,19,20). The van der Waals surface area contributed by atoms with Gasteiger partial charge in [0.1, 0.15) is 0 Å². The zero-order valence-electron chi connectivity index (χ0n) is 13.0. The molecule has 2 N–H and O–H groups in total. The molecule has 0 bridgehead atoms. The second-order valence-corrected chi connectivity index (χ2v) is 6.84. The van der Waals surface area contributed by atoms with Gasteiger partial charge < -0.3 is 10.6 Å². The van der Waals surface area contributed by atoms with Crippen molar-refractivity contribution in [2.75, 3.05) is 18.4 Å². The molecule has 1 unspecified atom stereocenters. The van der Waals surface area contributed by atoms with Crippen LogP contribution in [-0.2, 0) is 6.42 Å². The Bertz CT molecular complexity index is 488. The zero-order chi connectivity index (χ0) is 14.8. The molecule has 1 aliphatic heterocycles. The highest BCUT2D eigenvalue weighted by Gasteiger charge is 2.22. The smallest absolute Gasteiger partial charge is 0.251 e. The van der Waals surface area contributed by atoms with Crippen LogP contribution in [0.3, 0.4) is 0 Å². The van der Waals surface area contributed by atoms with Gasteiger partial charge in [-0.2, -0.15) is 0 Å². The molecule has 2 rings (SSSR count). The van der Waals surface area contributed by atoms with Crippen LogP contribution in [0.15, 0.2) is 18.2 Å². The van der Waals surface area contributed by atoms with Crippen LogP contribution in [0.2, 0.25) is 0 Å². The lowest BCUT2D eigenvalue weighted by Gasteiger charge is -2.27. The summed E-state index contributed by atoms with van der Waals surface area (Å²) in [5.41, 5.74) is 3.33. The van der Waals surface area contributed by atoms with Gasteiger partial charge in [0.25, 0.3) is 5.91 Å². The van der Waals surface area contributed by atoms with E-state index in [9.17, 15) is 4.79 Å². The Balaban J connectivity index is 2.07. The Morgan fingerprint density at radius 2 is 2.15 bits per heavy atom. The summed E-state index contributed by atoms with van der Waals surface area (Å²) in [5, 5.41) is 6.46. The van der Waals surface area contributed by atoms with E-state index in [0.29, 0.717) is 5.92 Å². The van der Waals surface area contributed by atoms with Crippen LogP contribution in [-0.4, -0.2) is 19.0 Å². The molecule has 20 heavy (non-hydrogen) atoms. The molecule has 3 heteroatoms. The minimum atomic E-state index is 0.0571. The molecule has 1 aliphatic rings. The van der Waals surface area contributed by atoms with E-state index in [2.05, 4.69) is 44.4 Å². The van der Waals surface area contributed by atoms with Gasteiger partial charge in [0.05, 0.1) is 0 Å². The third kappa shape index (κ3) is 3.33. The van der Waals surface area contributed by atoms with Gasteiger partial charge in [-0.1, -0.05) is 33.8 Å². The lowest BCUT2D eigenvalue weighted by atomic mass is 9.82. The predicted octanol–water partition coefficient (Wildman–Crippen LogP) is 3.46. The first-order valence-corrected chi connectivity index (χ1v) is 7.53. The molecular weight excluding hydrogens is 248 g/mol. The average molecular weight is 274 g/mol. The van der Waals surface area contributed by atoms with Gasteiger partial charge in [-0.15, -0.1) is 0 Å². The van der Waals surface area contributed by atoms with Gasteiger partial charge in [0.15, 0.2) is 0 Å². The fourth-order valence-electron chi connectivity index (χ4n) is 2.37. The summed E-state index contributed by atoms with van der Waals surface area (Å²) in [6.07, 6.45) is 2.08. The van der Waals surface area contributed by atoms with E-state index in [1.807, 2.05) is 12.1 Å². The number of amides is 1. The number of carbonyl (C=O) groups is 1. The second-order valence-electron chi connectivity index (χ2n) is 6.84. The SMILES string of the molecule is CC(CNC(=O)c1cccc2c1CCCN2)C(C)(C)C. The highest BCUT2D eigenvalue weighted by atomic mass is 16.1. The van der Waals surface area contributed by atoms with E-state index >= 15 is 0 Å². The quantitative estimate of drug-likeness (QED) is 0.886. The Morgan fingerprint density at radius 1 is 1.40 bits per heavy atom. The first-order chi connectivity index (χ1) is 9.39. The van der Waals surface area contributed by atoms with E-state index in [0.717, 1.165) is 37.2 Å². The first kappa shape index (κ1) is 14.9. The van der Waals surface area contributed by atoms with E-state index in [-0.39, 0.29) is 11.3 Å². The predicted molar refractivity (Wildman–Crippen MR) is 84.2 cm³/mol. The molecule has 1 heterocycles. The summed E-state index contributed by atoms with van der Waals surface area (Å²) in [6.45, 7) is 10.5. The maximum atomic E-state index is 12.4. The average Bonchev–Trinajstić information content (AvgIpc) is 2.42. The first-order valence-electron chi connectivity index (χ1n) is 7.53. The van der Waals surface area contributed by atoms with Gasteiger partial charge in [0, 0.05) is 24.3 Å². The van der Waals surface area contributed by atoms with Crippen LogP contribution in [0.5, 0.6) is 0 Å². The molecule has 1 atom stereocenters. The van der Waals surface area contributed by atoms with Crippen molar-refractivity contribution >= 4 is 11.6 Å². The molecule has 1 aromatic rings. The molecule has 0 saturated carbocycles. The van der Waals surface area contributed by atoms with E-state index in [1.165, 1.54) is 5.56 Å². The summed E-state index contributed by atoms with van der Waals surface area (Å²) < 4.78 is 0. The Morgan fingerprint density at radius 3 is 2.85 bits per heavy atom. The topological polar surface area (TPSA) is 41.1 Å². The van der Waals surface area contributed by atoms with Crippen LogP contribution < -0.4 is 10.6 Å². The summed E-state index contributed by atoms with van der Waals surface area (Å²) in [7, 11) is 0. The van der Waals surface area contributed by atoms with Crippen LogP contribution in [0.4, 0.5) is 5.69 Å². The summed E-state index contributed by atoms with van der Waals surface area (Å²) in [4.78, 5) is 12.4. The van der Waals surface area contributed by atoms with Gasteiger partial charge in [-0.3, -0.25) is 4.79 Å². The summed E-state index contributed by atoms with van der Waals surface area (Å²) in [6, 6.07) is 5.95. The molecule has 0 aliphatic carbocycles. The van der Waals surface area contributed by atoms with E-state index in [4.69, 9.17) is 0 Å². The number of hydrogen-bond acceptors (Lipinski definition) is 2. The molecular formula is C17H26N2O. The van der Waals surface area contributed by atoms with E-state index in [1.54, 1.807) is 0 Å². The Labute approximate surface area is 122 Å². The molecule has 0 fully saturated rings. The lowest BCUT2D eigenvalue weighted by Crippen LogP contribution is -2.34. The van der Waals surface area contributed by atoms with E-state index < -0.39 is 0 Å². The monoisotopic (exact) mass is 274 g/mol. The second kappa shape index (κ2) is 5.86. The Kier molecular flexibility index (Phi) is 4.36. The van der Waals surface area contributed by atoms with Crippen LogP contribution >= 0.6 is 0 Å². The minimum Gasteiger partial charge on any atom is -0.385 e. The molecule has 3 nitrogen and oxygen atoms in total. The van der Waals surface area contributed by atoms with Gasteiger partial charge in [-0.25, -0.2) is 0 Å². The fourth-order valence-corrected chi connectivity index (χ4v) is 2.37. The molecule has 0 radical (unpaired) electrons. The van der Waals surface area contributed by atoms with Crippen molar-refractivity contribution in [1.29, 1.82) is 0 Å².